The average Bonchev–Trinajstić information content (AvgIpc) is 3.11. The Hall–Kier alpha value is -0.410. The average molecular weight is 520 g/mol. The number of nitrogens with one attached hydrogen (secondary N) is 2. The van der Waals surface area contributed by atoms with Crippen LogP contribution in [-0.2, 0) is 6.54 Å². The first-order valence-corrected chi connectivity index (χ1v) is 11.6. The van der Waals surface area contributed by atoms with Crippen LogP contribution >= 0.6 is 35.3 Å². The number of likely N-dealkylation sites (tertiary alicyclic amines) is 1. The van der Waals surface area contributed by atoms with Crippen LogP contribution in [0.5, 0.6) is 0 Å². The molecule has 2 heterocycles. The minimum Gasteiger partial charge on any atom is -0.356 e. The van der Waals surface area contributed by atoms with E-state index in [1.807, 2.05) is 7.05 Å². The second-order valence-corrected chi connectivity index (χ2v) is 9.37. The summed E-state index contributed by atoms with van der Waals surface area (Å²) in [6, 6.07) is 0.596. The summed E-state index contributed by atoms with van der Waals surface area (Å²) in [4.78, 5) is 11.6. The fourth-order valence-corrected chi connectivity index (χ4v) is 5.08. The van der Waals surface area contributed by atoms with Crippen LogP contribution in [0, 0.1) is 18.8 Å². The van der Waals surface area contributed by atoms with Crippen LogP contribution < -0.4 is 10.6 Å². The maximum atomic E-state index is 4.60. The lowest BCUT2D eigenvalue weighted by molar-refractivity contribution is 0.176. The molecular formula is C21H38IN5S. The van der Waals surface area contributed by atoms with Gasteiger partial charge < -0.3 is 10.6 Å². The summed E-state index contributed by atoms with van der Waals surface area (Å²) in [6.07, 6.45) is 9.16. The molecule has 0 amide bonds. The molecule has 1 aromatic rings. The summed E-state index contributed by atoms with van der Waals surface area (Å²) in [7, 11) is 1.90. The largest absolute Gasteiger partial charge is 0.356 e. The van der Waals surface area contributed by atoms with Gasteiger partial charge in [0.25, 0.3) is 0 Å². The molecule has 5 nitrogen and oxygen atoms in total. The highest BCUT2D eigenvalue weighted by molar-refractivity contribution is 14.0. The van der Waals surface area contributed by atoms with Crippen LogP contribution in [0.2, 0.25) is 0 Å². The molecule has 7 heteroatoms. The van der Waals surface area contributed by atoms with Crippen molar-refractivity contribution in [3.63, 3.8) is 0 Å². The highest BCUT2D eigenvalue weighted by atomic mass is 127. The molecule has 0 bridgehead atoms. The second-order valence-electron chi connectivity index (χ2n) is 8.31. The zero-order valence-electron chi connectivity index (χ0n) is 17.7. The Morgan fingerprint density at radius 2 is 2.04 bits per heavy atom. The molecule has 28 heavy (non-hydrogen) atoms. The first-order chi connectivity index (χ1) is 13.2. The maximum Gasteiger partial charge on any atom is 0.191 e. The Balaban J connectivity index is 0.00000280. The van der Waals surface area contributed by atoms with Gasteiger partial charge in [0.1, 0.15) is 0 Å². The van der Waals surface area contributed by atoms with Crippen molar-refractivity contribution in [2.75, 3.05) is 26.7 Å². The molecule has 3 rings (SSSR count). The third-order valence-corrected chi connectivity index (χ3v) is 7.06. The highest BCUT2D eigenvalue weighted by Crippen LogP contribution is 2.26. The van der Waals surface area contributed by atoms with E-state index in [2.05, 4.69) is 44.7 Å². The van der Waals surface area contributed by atoms with Gasteiger partial charge in [-0.2, -0.15) is 0 Å². The molecule has 0 radical (unpaired) electrons. The fourth-order valence-electron chi connectivity index (χ4n) is 4.48. The molecule has 1 saturated carbocycles. The maximum absolute atomic E-state index is 4.60. The monoisotopic (exact) mass is 519 g/mol. The SMILES string of the molecule is CCC1CCCC(NC(=NC)NCC2CCN(Cc3csc(C)n3)CC2)C1.I. The molecule has 0 aromatic carbocycles. The molecule has 0 spiro atoms. The van der Waals surface area contributed by atoms with Crippen LogP contribution in [0.3, 0.4) is 0 Å². The summed E-state index contributed by atoms with van der Waals surface area (Å²) in [5, 5.41) is 10.6. The minimum absolute atomic E-state index is 0. The number of aryl methyl sites for hydroxylation is 1. The number of guanidine groups is 1. The summed E-state index contributed by atoms with van der Waals surface area (Å²) in [5.74, 6) is 2.63. The minimum atomic E-state index is 0. The van der Waals surface area contributed by atoms with Crippen LogP contribution in [0.25, 0.3) is 0 Å². The number of rotatable bonds is 6. The number of hydrogen-bond donors (Lipinski definition) is 2. The van der Waals surface area contributed by atoms with E-state index in [0.717, 1.165) is 30.9 Å². The highest BCUT2D eigenvalue weighted by Gasteiger charge is 2.23. The van der Waals surface area contributed by atoms with E-state index < -0.39 is 0 Å². The van der Waals surface area contributed by atoms with Crippen molar-refractivity contribution in [2.24, 2.45) is 16.8 Å². The Morgan fingerprint density at radius 3 is 2.68 bits per heavy atom. The fraction of sp³-hybridized carbons (Fsp3) is 0.810. The van der Waals surface area contributed by atoms with Gasteiger partial charge in [0.05, 0.1) is 10.7 Å². The van der Waals surface area contributed by atoms with Crippen LogP contribution in [0.4, 0.5) is 0 Å². The molecule has 1 aromatic heterocycles. The zero-order chi connectivity index (χ0) is 19.1. The second kappa shape index (κ2) is 12.3. The lowest BCUT2D eigenvalue weighted by atomic mass is 9.84. The van der Waals surface area contributed by atoms with Crippen molar-refractivity contribution < 1.29 is 0 Å². The Bertz CT molecular complexity index is 597. The van der Waals surface area contributed by atoms with Gasteiger partial charge in [-0.3, -0.25) is 9.89 Å². The molecule has 2 unspecified atom stereocenters. The van der Waals surface area contributed by atoms with Gasteiger partial charge in [0, 0.05) is 31.6 Å². The quantitative estimate of drug-likeness (QED) is 0.332. The molecule has 1 aliphatic heterocycles. The van der Waals surface area contributed by atoms with E-state index in [9.17, 15) is 0 Å². The first-order valence-electron chi connectivity index (χ1n) is 10.8. The van der Waals surface area contributed by atoms with Crippen LogP contribution in [0.1, 0.15) is 62.6 Å². The molecule has 1 aliphatic carbocycles. The first kappa shape index (κ1) is 23.9. The molecule has 2 fully saturated rings. The van der Waals surface area contributed by atoms with E-state index in [-0.39, 0.29) is 24.0 Å². The molecule has 2 N–H and O–H groups in total. The smallest absolute Gasteiger partial charge is 0.191 e. The Kier molecular flexibility index (Phi) is 10.5. The van der Waals surface area contributed by atoms with E-state index in [1.54, 1.807) is 11.3 Å². The number of nitrogens with zero attached hydrogens (tertiary/aromatic N) is 3. The van der Waals surface area contributed by atoms with Gasteiger partial charge in [-0.25, -0.2) is 4.98 Å². The van der Waals surface area contributed by atoms with E-state index in [1.165, 1.54) is 68.7 Å². The van der Waals surface area contributed by atoms with Crippen molar-refractivity contribution in [1.29, 1.82) is 0 Å². The van der Waals surface area contributed by atoms with Crippen molar-refractivity contribution in [3.8, 4) is 0 Å². The third-order valence-electron chi connectivity index (χ3n) is 6.24. The Morgan fingerprint density at radius 1 is 1.25 bits per heavy atom. The number of piperidine rings is 1. The lowest BCUT2D eigenvalue weighted by Gasteiger charge is -2.33. The Labute approximate surface area is 192 Å². The van der Waals surface area contributed by atoms with Gasteiger partial charge in [0.15, 0.2) is 5.96 Å². The van der Waals surface area contributed by atoms with Gasteiger partial charge in [-0.15, -0.1) is 35.3 Å². The zero-order valence-corrected chi connectivity index (χ0v) is 20.9. The molecule has 2 aliphatic rings. The standard InChI is InChI=1S/C21H37N5S.HI/c1-4-17-6-5-7-19(12-17)25-21(22-3)23-13-18-8-10-26(11-9-18)14-20-15-27-16(2)24-20;/h15,17-19H,4-14H2,1-3H3,(H2,22,23,25);1H. The third kappa shape index (κ3) is 7.44. The van der Waals surface area contributed by atoms with Crippen molar-refractivity contribution in [2.45, 2.75) is 71.4 Å². The number of halogens is 1. The molecule has 2 atom stereocenters. The predicted molar refractivity (Wildman–Crippen MR) is 131 cm³/mol. The normalized spacial score (nSPS) is 24.6. The summed E-state index contributed by atoms with van der Waals surface area (Å²) in [5.41, 5.74) is 1.23. The predicted octanol–water partition coefficient (Wildman–Crippen LogP) is 4.42. The summed E-state index contributed by atoms with van der Waals surface area (Å²) < 4.78 is 0. The summed E-state index contributed by atoms with van der Waals surface area (Å²) in [6.45, 7) is 8.80. The number of aliphatic imine (C=N–C) groups is 1. The van der Waals surface area contributed by atoms with E-state index >= 15 is 0 Å². The van der Waals surface area contributed by atoms with Crippen LogP contribution in [0.15, 0.2) is 10.4 Å². The van der Waals surface area contributed by atoms with Gasteiger partial charge in [-0.05, 0) is 57.5 Å². The van der Waals surface area contributed by atoms with E-state index in [4.69, 9.17) is 0 Å². The molecule has 160 valence electrons. The van der Waals surface area contributed by atoms with Gasteiger partial charge in [0.2, 0.25) is 0 Å². The van der Waals surface area contributed by atoms with Crippen molar-refractivity contribution in [1.82, 2.24) is 20.5 Å². The van der Waals surface area contributed by atoms with E-state index in [0.29, 0.717) is 6.04 Å². The van der Waals surface area contributed by atoms with Crippen LogP contribution in [-0.4, -0.2) is 48.6 Å². The van der Waals surface area contributed by atoms with Gasteiger partial charge in [-0.1, -0.05) is 26.2 Å². The van der Waals surface area contributed by atoms with Gasteiger partial charge >= 0.3 is 0 Å². The van der Waals surface area contributed by atoms with Crippen molar-refractivity contribution >= 4 is 41.3 Å². The topological polar surface area (TPSA) is 52.6 Å². The molecular weight excluding hydrogens is 481 g/mol. The lowest BCUT2D eigenvalue weighted by Crippen LogP contribution is -2.47. The number of hydrogen-bond acceptors (Lipinski definition) is 4. The summed E-state index contributed by atoms with van der Waals surface area (Å²) >= 11 is 1.76. The molecule has 1 saturated heterocycles. The van der Waals surface area contributed by atoms with Crippen molar-refractivity contribution in [3.05, 3.63) is 16.1 Å². The number of aromatic nitrogens is 1. The number of thiazole rings is 1.